The molecule has 7 nitrogen and oxygen atoms in total. The van der Waals surface area contributed by atoms with Crippen LogP contribution in [-0.2, 0) is 9.47 Å². The first-order chi connectivity index (χ1) is 13.2. The molecule has 0 aromatic rings. The van der Waals surface area contributed by atoms with Crippen molar-refractivity contribution in [1.29, 1.82) is 0 Å². The molecule has 8 heteroatoms. The topological polar surface area (TPSA) is 78.4 Å². The van der Waals surface area contributed by atoms with Crippen molar-refractivity contribution < 1.29 is 14.6 Å². The number of rotatable bonds is 7. The van der Waals surface area contributed by atoms with Crippen molar-refractivity contribution in [2.45, 2.75) is 50.5 Å². The Morgan fingerprint density at radius 1 is 1.00 bits per heavy atom. The lowest BCUT2D eigenvalue weighted by Gasteiger charge is -2.48. The van der Waals surface area contributed by atoms with Crippen LogP contribution in [0.3, 0.4) is 0 Å². The van der Waals surface area contributed by atoms with E-state index in [1.807, 2.05) is 7.05 Å². The van der Waals surface area contributed by atoms with E-state index in [2.05, 4.69) is 20.5 Å². The summed E-state index contributed by atoms with van der Waals surface area (Å²) in [5, 5.41) is 16.5. The van der Waals surface area contributed by atoms with Crippen LogP contribution >= 0.6 is 24.0 Å². The normalized spacial score (nSPS) is 28.6. The van der Waals surface area contributed by atoms with E-state index in [9.17, 15) is 5.11 Å². The van der Waals surface area contributed by atoms with Gasteiger partial charge in [-0.2, -0.15) is 0 Å². The summed E-state index contributed by atoms with van der Waals surface area (Å²) in [5.74, 6) is 0.859. The van der Waals surface area contributed by atoms with Crippen LogP contribution in [0.5, 0.6) is 0 Å². The second-order valence-electron chi connectivity index (χ2n) is 8.44. The zero-order valence-corrected chi connectivity index (χ0v) is 19.7. The maximum atomic E-state index is 9.42. The van der Waals surface area contributed by atoms with Crippen LogP contribution < -0.4 is 10.6 Å². The molecule has 1 saturated carbocycles. The molecular weight excluding hydrogens is 471 g/mol. The van der Waals surface area contributed by atoms with Crippen molar-refractivity contribution in [2.75, 3.05) is 66.3 Å². The van der Waals surface area contributed by atoms with Crippen LogP contribution in [0.25, 0.3) is 0 Å². The van der Waals surface area contributed by atoms with Crippen LogP contribution in [0.4, 0.5) is 0 Å². The molecule has 3 N–H and O–H groups in total. The van der Waals surface area contributed by atoms with E-state index < -0.39 is 0 Å². The molecule has 2 aliphatic heterocycles. The minimum atomic E-state index is 0. The summed E-state index contributed by atoms with van der Waals surface area (Å²) in [5.41, 5.74) is 0.248. The summed E-state index contributed by atoms with van der Waals surface area (Å²) < 4.78 is 11.2. The number of aliphatic hydroxyl groups is 1. The predicted molar refractivity (Wildman–Crippen MR) is 123 cm³/mol. The highest BCUT2D eigenvalue weighted by Gasteiger charge is 2.39. The number of halogens is 1. The van der Waals surface area contributed by atoms with Gasteiger partial charge in [-0.15, -0.1) is 24.0 Å². The molecule has 0 aromatic heterocycles. The Kier molecular flexibility index (Phi) is 10.2. The van der Waals surface area contributed by atoms with Crippen molar-refractivity contribution >= 4 is 29.9 Å². The van der Waals surface area contributed by atoms with Crippen molar-refractivity contribution in [3.63, 3.8) is 0 Å². The summed E-state index contributed by atoms with van der Waals surface area (Å²) in [7, 11) is 1.83. The van der Waals surface area contributed by atoms with E-state index in [1.165, 1.54) is 32.1 Å². The number of aliphatic hydroxyl groups excluding tert-OH is 1. The number of nitrogens with zero attached hydrogens (tertiary/aromatic N) is 2. The molecule has 0 spiro atoms. The first kappa shape index (κ1) is 24.1. The number of hydrogen-bond acceptors (Lipinski definition) is 5. The van der Waals surface area contributed by atoms with Gasteiger partial charge in [0.2, 0.25) is 0 Å². The second kappa shape index (κ2) is 11.9. The van der Waals surface area contributed by atoms with Gasteiger partial charge in [0.1, 0.15) is 0 Å². The van der Waals surface area contributed by atoms with Gasteiger partial charge in [0.05, 0.1) is 19.8 Å². The minimum Gasteiger partial charge on any atom is -0.396 e. The van der Waals surface area contributed by atoms with Gasteiger partial charge >= 0.3 is 0 Å². The van der Waals surface area contributed by atoms with Gasteiger partial charge in [-0.3, -0.25) is 9.89 Å². The highest BCUT2D eigenvalue weighted by atomic mass is 127. The van der Waals surface area contributed by atoms with Gasteiger partial charge < -0.3 is 25.2 Å². The van der Waals surface area contributed by atoms with Crippen molar-refractivity contribution in [2.24, 2.45) is 10.4 Å². The zero-order valence-electron chi connectivity index (χ0n) is 17.4. The maximum Gasteiger partial charge on any atom is 0.191 e. The molecule has 2 heterocycles. The zero-order chi connectivity index (χ0) is 19.0. The Morgan fingerprint density at radius 3 is 2.32 bits per heavy atom. The second-order valence-corrected chi connectivity index (χ2v) is 8.44. The molecule has 0 bridgehead atoms. The van der Waals surface area contributed by atoms with Crippen LogP contribution in [0.15, 0.2) is 4.99 Å². The molecule has 1 aliphatic carbocycles. The van der Waals surface area contributed by atoms with E-state index >= 15 is 0 Å². The maximum absolute atomic E-state index is 9.42. The molecule has 28 heavy (non-hydrogen) atoms. The van der Waals surface area contributed by atoms with Crippen LogP contribution in [0.1, 0.15) is 44.9 Å². The number of aliphatic imine (C=N–C) groups is 1. The fraction of sp³-hybridized carbons (Fsp3) is 0.950. The Hall–Kier alpha value is -0.160. The molecule has 0 radical (unpaired) electrons. The lowest BCUT2D eigenvalue weighted by atomic mass is 9.79. The quantitative estimate of drug-likeness (QED) is 0.275. The van der Waals surface area contributed by atoms with Crippen molar-refractivity contribution in [3.05, 3.63) is 0 Å². The first-order valence-corrected chi connectivity index (χ1v) is 10.7. The molecule has 3 fully saturated rings. The summed E-state index contributed by atoms with van der Waals surface area (Å²) in [6.45, 7) is 7.18. The molecule has 3 rings (SSSR count). The Bertz CT molecular complexity index is 474. The van der Waals surface area contributed by atoms with Crippen molar-refractivity contribution in [3.8, 4) is 0 Å². The molecule has 1 atom stereocenters. The van der Waals surface area contributed by atoms with Gasteiger partial charge in [0.15, 0.2) is 5.96 Å². The number of nitrogens with one attached hydrogen (secondary N) is 2. The smallest absolute Gasteiger partial charge is 0.191 e. The van der Waals surface area contributed by atoms with Gasteiger partial charge in [0, 0.05) is 57.4 Å². The van der Waals surface area contributed by atoms with Crippen LogP contribution in [0.2, 0.25) is 0 Å². The molecule has 164 valence electrons. The van der Waals surface area contributed by atoms with Crippen LogP contribution in [-0.4, -0.2) is 87.8 Å². The monoisotopic (exact) mass is 510 g/mol. The summed E-state index contributed by atoms with van der Waals surface area (Å²) in [6, 6.07) is 0. The molecule has 2 saturated heterocycles. The number of guanidine groups is 1. The number of ether oxygens (including phenoxy) is 2. The molecule has 0 amide bonds. The highest BCUT2D eigenvalue weighted by Crippen LogP contribution is 2.34. The summed E-state index contributed by atoms with van der Waals surface area (Å²) in [4.78, 5) is 7.10. The lowest BCUT2D eigenvalue weighted by Crippen LogP contribution is -2.60. The first-order valence-electron chi connectivity index (χ1n) is 10.7. The average Bonchev–Trinajstić information content (AvgIpc) is 3.18. The Labute approximate surface area is 187 Å². The molecule has 1 unspecified atom stereocenters. The standard InChI is InChI=1S/C20H38N4O3.HI/c1-21-18(22-15-19(7-11-25)8-12-27-17-19)23-16-20(5-3-2-4-6-20)24-9-13-26-14-10-24;/h25H,2-17H2,1H3,(H2,21,22,23);1H. The summed E-state index contributed by atoms with van der Waals surface area (Å²) >= 11 is 0. The SMILES string of the molecule is CN=C(NCC1(CCO)CCOC1)NCC1(N2CCOCC2)CCCCC1.I. The van der Waals surface area contributed by atoms with Gasteiger partial charge in [-0.05, 0) is 25.7 Å². The van der Waals surface area contributed by atoms with Gasteiger partial charge in [-0.25, -0.2) is 0 Å². The third kappa shape index (κ3) is 6.17. The van der Waals surface area contributed by atoms with E-state index in [1.54, 1.807) is 0 Å². The average molecular weight is 510 g/mol. The third-order valence-corrected chi connectivity index (χ3v) is 6.73. The van der Waals surface area contributed by atoms with Gasteiger partial charge in [0.25, 0.3) is 0 Å². The third-order valence-electron chi connectivity index (χ3n) is 6.73. The fourth-order valence-electron chi connectivity index (χ4n) is 4.90. The van der Waals surface area contributed by atoms with Crippen LogP contribution in [0, 0.1) is 5.41 Å². The highest BCUT2D eigenvalue weighted by molar-refractivity contribution is 14.0. The molecule has 0 aromatic carbocycles. The lowest BCUT2D eigenvalue weighted by molar-refractivity contribution is -0.0352. The Morgan fingerprint density at radius 2 is 1.71 bits per heavy atom. The van der Waals surface area contributed by atoms with E-state index in [4.69, 9.17) is 9.47 Å². The van der Waals surface area contributed by atoms with E-state index in [0.29, 0.717) is 0 Å². The van der Waals surface area contributed by atoms with Crippen molar-refractivity contribution in [1.82, 2.24) is 15.5 Å². The fourth-order valence-corrected chi connectivity index (χ4v) is 4.90. The van der Waals surface area contributed by atoms with Gasteiger partial charge in [-0.1, -0.05) is 19.3 Å². The molecule has 3 aliphatic rings. The predicted octanol–water partition coefficient (Wildman–Crippen LogP) is 1.59. The minimum absolute atomic E-state index is 0. The Balaban J connectivity index is 0.00000280. The molecular formula is C20H39IN4O3. The largest absolute Gasteiger partial charge is 0.396 e. The van der Waals surface area contributed by atoms with E-state index in [0.717, 1.165) is 71.4 Å². The number of hydrogen-bond donors (Lipinski definition) is 3. The summed E-state index contributed by atoms with van der Waals surface area (Å²) in [6.07, 6.45) is 8.23. The number of morpholine rings is 1. The van der Waals surface area contributed by atoms with E-state index in [-0.39, 0.29) is 41.5 Å².